The van der Waals surface area contributed by atoms with Gasteiger partial charge in [-0.3, -0.25) is 9.59 Å². The van der Waals surface area contributed by atoms with Crippen LogP contribution in [0.15, 0.2) is 47.3 Å². The summed E-state index contributed by atoms with van der Waals surface area (Å²) >= 11 is 5.98. The summed E-state index contributed by atoms with van der Waals surface area (Å²) in [5.74, 6) is -0.891. The molecule has 3 aromatic rings. The van der Waals surface area contributed by atoms with Crippen molar-refractivity contribution in [3.63, 3.8) is 0 Å². The van der Waals surface area contributed by atoms with Crippen LogP contribution in [-0.2, 0) is 18.3 Å². The molecule has 0 spiro atoms. The highest BCUT2D eigenvalue weighted by Crippen LogP contribution is 2.34. The summed E-state index contributed by atoms with van der Waals surface area (Å²) in [6.45, 7) is 1.87. The van der Waals surface area contributed by atoms with Crippen molar-refractivity contribution in [2.24, 2.45) is 7.05 Å². The summed E-state index contributed by atoms with van der Waals surface area (Å²) in [5, 5.41) is 10.8. The standard InChI is InChI=1S/C19H16ClNO3/c1-11-9-16-14(7-8-17(22)21(16)2)19(15(11)10-18(23)24)12-3-5-13(20)6-4-12/h3-9H,10H2,1-2H3,(H,23,24). The monoisotopic (exact) mass is 341 g/mol. The van der Waals surface area contributed by atoms with E-state index in [4.69, 9.17) is 11.6 Å². The van der Waals surface area contributed by atoms with Gasteiger partial charge in [0.25, 0.3) is 5.56 Å². The van der Waals surface area contributed by atoms with Crippen LogP contribution < -0.4 is 5.56 Å². The molecule has 4 nitrogen and oxygen atoms in total. The molecule has 0 aliphatic heterocycles. The maximum absolute atomic E-state index is 12.0. The topological polar surface area (TPSA) is 59.3 Å². The predicted molar refractivity (Wildman–Crippen MR) is 95.7 cm³/mol. The Morgan fingerprint density at radius 2 is 1.83 bits per heavy atom. The van der Waals surface area contributed by atoms with Crippen LogP contribution in [0.1, 0.15) is 11.1 Å². The molecule has 1 heterocycles. The van der Waals surface area contributed by atoms with E-state index in [0.717, 1.165) is 33.2 Å². The summed E-state index contributed by atoms with van der Waals surface area (Å²) in [6, 6.07) is 12.4. The van der Waals surface area contributed by atoms with Crippen LogP contribution in [0.3, 0.4) is 0 Å². The van der Waals surface area contributed by atoms with Crippen LogP contribution >= 0.6 is 11.6 Å². The van der Waals surface area contributed by atoms with Crippen molar-refractivity contribution < 1.29 is 9.90 Å². The number of benzene rings is 2. The van der Waals surface area contributed by atoms with Gasteiger partial charge < -0.3 is 9.67 Å². The summed E-state index contributed by atoms with van der Waals surface area (Å²) in [6.07, 6.45) is -0.0808. The van der Waals surface area contributed by atoms with Crippen LogP contribution in [0.25, 0.3) is 22.0 Å². The van der Waals surface area contributed by atoms with Gasteiger partial charge in [-0.2, -0.15) is 0 Å². The molecule has 0 unspecified atom stereocenters. The average molecular weight is 342 g/mol. The van der Waals surface area contributed by atoms with Crippen molar-refractivity contribution in [1.82, 2.24) is 4.57 Å². The molecule has 0 fully saturated rings. The minimum atomic E-state index is -0.891. The van der Waals surface area contributed by atoms with E-state index in [1.165, 1.54) is 6.07 Å². The zero-order chi connectivity index (χ0) is 17.4. The first kappa shape index (κ1) is 16.3. The number of pyridine rings is 1. The maximum atomic E-state index is 12.0. The van der Waals surface area contributed by atoms with Crippen molar-refractivity contribution in [2.75, 3.05) is 0 Å². The first-order valence-electron chi connectivity index (χ1n) is 7.48. The lowest BCUT2D eigenvalue weighted by Gasteiger charge is -2.17. The van der Waals surface area contributed by atoms with E-state index in [1.807, 2.05) is 25.1 Å². The van der Waals surface area contributed by atoms with E-state index in [0.29, 0.717) is 5.02 Å². The second-order valence-corrected chi connectivity index (χ2v) is 6.22. The molecule has 24 heavy (non-hydrogen) atoms. The third-order valence-electron chi connectivity index (χ3n) is 4.22. The highest BCUT2D eigenvalue weighted by atomic mass is 35.5. The van der Waals surface area contributed by atoms with E-state index in [-0.39, 0.29) is 12.0 Å². The van der Waals surface area contributed by atoms with Crippen LogP contribution in [-0.4, -0.2) is 15.6 Å². The Morgan fingerprint density at radius 1 is 1.17 bits per heavy atom. The molecule has 0 saturated heterocycles. The van der Waals surface area contributed by atoms with Gasteiger partial charge in [-0.25, -0.2) is 0 Å². The predicted octanol–water partition coefficient (Wildman–Crippen LogP) is 3.79. The second-order valence-electron chi connectivity index (χ2n) is 5.79. The summed E-state index contributed by atoms with van der Waals surface area (Å²) in [5.41, 5.74) is 3.98. The van der Waals surface area contributed by atoms with Gasteiger partial charge in [0, 0.05) is 23.5 Å². The highest BCUT2D eigenvalue weighted by molar-refractivity contribution is 6.30. The van der Waals surface area contributed by atoms with Gasteiger partial charge in [-0.1, -0.05) is 23.7 Å². The zero-order valence-corrected chi connectivity index (χ0v) is 14.1. The summed E-state index contributed by atoms with van der Waals surface area (Å²) in [7, 11) is 1.71. The van der Waals surface area contributed by atoms with Gasteiger partial charge in [0.05, 0.1) is 11.9 Å². The van der Waals surface area contributed by atoms with Crippen molar-refractivity contribution in [3.05, 3.63) is 69.0 Å². The van der Waals surface area contributed by atoms with Crippen molar-refractivity contribution >= 4 is 28.5 Å². The minimum absolute atomic E-state index is 0.0808. The number of aryl methyl sites for hydroxylation is 2. The van der Waals surface area contributed by atoms with Gasteiger partial charge >= 0.3 is 5.97 Å². The highest BCUT2D eigenvalue weighted by Gasteiger charge is 2.17. The molecule has 0 radical (unpaired) electrons. The Labute approximate surface area is 143 Å². The molecule has 0 amide bonds. The Morgan fingerprint density at radius 3 is 2.46 bits per heavy atom. The van der Waals surface area contributed by atoms with Gasteiger partial charge in [0.15, 0.2) is 0 Å². The largest absolute Gasteiger partial charge is 0.481 e. The van der Waals surface area contributed by atoms with E-state index in [1.54, 1.807) is 29.8 Å². The fraction of sp³-hybridized carbons (Fsp3) is 0.158. The number of rotatable bonds is 3. The SMILES string of the molecule is Cc1cc2c(ccc(=O)n2C)c(-c2ccc(Cl)cc2)c1CC(=O)O. The number of fused-ring (bicyclic) bond motifs is 1. The van der Waals surface area contributed by atoms with Gasteiger partial charge in [0.1, 0.15) is 0 Å². The van der Waals surface area contributed by atoms with E-state index in [2.05, 4.69) is 0 Å². The van der Waals surface area contributed by atoms with Crippen molar-refractivity contribution in [3.8, 4) is 11.1 Å². The number of hydrogen-bond acceptors (Lipinski definition) is 2. The fourth-order valence-corrected chi connectivity index (χ4v) is 3.14. The third kappa shape index (κ3) is 2.81. The molecule has 3 rings (SSSR count). The molecule has 0 bridgehead atoms. The quantitative estimate of drug-likeness (QED) is 0.788. The first-order valence-corrected chi connectivity index (χ1v) is 7.86. The number of aliphatic carboxylic acids is 1. The zero-order valence-electron chi connectivity index (χ0n) is 13.3. The molecule has 5 heteroatoms. The molecular weight excluding hydrogens is 326 g/mol. The number of carboxylic acid groups (broad SMARTS) is 1. The Kier molecular flexibility index (Phi) is 4.16. The molecule has 0 atom stereocenters. The lowest BCUT2D eigenvalue weighted by Crippen LogP contribution is -2.16. The van der Waals surface area contributed by atoms with E-state index in [9.17, 15) is 14.7 Å². The molecule has 122 valence electrons. The molecule has 1 aromatic heterocycles. The average Bonchev–Trinajstić information content (AvgIpc) is 2.53. The van der Waals surface area contributed by atoms with Crippen LogP contribution in [0.2, 0.25) is 5.02 Å². The normalized spacial score (nSPS) is 11.0. The number of hydrogen-bond donors (Lipinski definition) is 1. The van der Waals surface area contributed by atoms with Crippen LogP contribution in [0, 0.1) is 6.92 Å². The maximum Gasteiger partial charge on any atom is 0.307 e. The van der Waals surface area contributed by atoms with Gasteiger partial charge in [-0.15, -0.1) is 0 Å². The van der Waals surface area contributed by atoms with Crippen LogP contribution in [0.5, 0.6) is 0 Å². The first-order chi connectivity index (χ1) is 11.4. The third-order valence-corrected chi connectivity index (χ3v) is 4.47. The van der Waals surface area contributed by atoms with Gasteiger partial charge in [0.2, 0.25) is 0 Å². The minimum Gasteiger partial charge on any atom is -0.481 e. The van der Waals surface area contributed by atoms with Gasteiger partial charge in [-0.05, 0) is 53.4 Å². The summed E-state index contributed by atoms with van der Waals surface area (Å²) < 4.78 is 1.58. The summed E-state index contributed by atoms with van der Waals surface area (Å²) in [4.78, 5) is 23.3. The number of carbonyl (C=O) groups is 1. The number of carboxylic acids is 1. The lowest BCUT2D eigenvalue weighted by molar-refractivity contribution is -0.136. The molecular formula is C19H16ClNO3. The van der Waals surface area contributed by atoms with Crippen molar-refractivity contribution in [1.29, 1.82) is 0 Å². The Balaban J connectivity index is 2.45. The number of halogens is 1. The van der Waals surface area contributed by atoms with E-state index < -0.39 is 5.97 Å². The van der Waals surface area contributed by atoms with E-state index >= 15 is 0 Å². The molecule has 0 saturated carbocycles. The lowest BCUT2D eigenvalue weighted by atomic mass is 9.90. The smallest absolute Gasteiger partial charge is 0.307 e. The Hall–Kier alpha value is -2.59. The Bertz CT molecular complexity index is 1000. The number of nitrogens with zero attached hydrogens (tertiary/aromatic N) is 1. The molecule has 1 N–H and O–H groups in total. The molecule has 0 aliphatic rings. The second kappa shape index (κ2) is 6.13. The molecule has 0 aliphatic carbocycles. The van der Waals surface area contributed by atoms with Crippen LogP contribution in [0.4, 0.5) is 0 Å². The molecule has 2 aromatic carbocycles. The fourth-order valence-electron chi connectivity index (χ4n) is 3.01. The van der Waals surface area contributed by atoms with Crippen molar-refractivity contribution in [2.45, 2.75) is 13.3 Å². The number of aromatic nitrogens is 1.